The van der Waals surface area contributed by atoms with Gasteiger partial charge in [-0.1, -0.05) is 0 Å². The predicted molar refractivity (Wildman–Crippen MR) is 61.4 cm³/mol. The third kappa shape index (κ3) is 2.63. The van der Waals surface area contributed by atoms with Gasteiger partial charge in [0.15, 0.2) is 6.10 Å². The Morgan fingerprint density at radius 1 is 1.11 bits per heavy atom. The number of aliphatic hydroxyl groups is 1. The lowest BCUT2D eigenvalue weighted by Gasteiger charge is -2.17. The quantitative estimate of drug-likeness (QED) is 0.526. The summed E-state index contributed by atoms with van der Waals surface area (Å²) >= 11 is 0. The largest absolute Gasteiger partial charge is 0.478 e. The van der Waals surface area contributed by atoms with Gasteiger partial charge in [0.2, 0.25) is 0 Å². The molecule has 2 saturated heterocycles. The highest BCUT2D eigenvalue weighted by atomic mass is 16.6. The average molecular weight is 272 g/mol. The Morgan fingerprint density at radius 3 is 2.37 bits per heavy atom. The number of rotatable bonds is 3. The summed E-state index contributed by atoms with van der Waals surface area (Å²) in [7, 11) is 0. The van der Waals surface area contributed by atoms with Crippen LogP contribution in [0.1, 0.15) is 13.8 Å². The molecule has 2 aliphatic heterocycles. The number of esters is 1. The Balaban J connectivity index is 2.01. The Kier molecular flexibility index (Phi) is 3.88. The lowest BCUT2D eigenvalue weighted by Crippen LogP contribution is -2.34. The maximum atomic E-state index is 11.8. The third-order valence-electron chi connectivity index (χ3n) is 3.43. The molecular weight excluding hydrogens is 256 g/mol. The Bertz CT molecular complexity index is 428. The summed E-state index contributed by atoms with van der Waals surface area (Å²) in [5.41, 5.74) is -0.0256. The number of carbonyl (C=O) groups excluding carboxylic acids is 1. The molecule has 4 atom stereocenters. The van der Waals surface area contributed by atoms with E-state index in [0.29, 0.717) is 0 Å². The zero-order valence-electron chi connectivity index (χ0n) is 10.7. The van der Waals surface area contributed by atoms with E-state index in [-0.39, 0.29) is 24.4 Å². The van der Waals surface area contributed by atoms with E-state index in [4.69, 9.17) is 19.3 Å². The number of ether oxygens (including phenoxy) is 3. The molecule has 0 saturated carbocycles. The number of aliphatic hydroxyl groups excluding tert-OH is 1. The van der Waals surface area contributed by atoms with Crippen LogP contribution in [-0.2, 0) is 23.8 Å². The van der Waals surface area contributed by atoms with Gasteiger partial charge in [-0.25, -0.2) is 9.59 Å². The number of hydrogen-bond donors (Lipinski definition) is 2. The van der Waals surface area contributed by atoms with Gasteiger partial charge >= 0.3 is 11.9 Å². The fourth-order valence-corrected chi connectivity index (χ4v) is 2.08. The highest BCUT2D eigenvalue weighted by Crippen LogP contribution is 2.29. The van der Waals surface area contributed by atoms with E-state index in [0.717, 1.165) is 0 Å². The topological polar surface area (TPSA) is 102 Å². The van der Waals surface area contributed by atoms with Crippen LogP contribution in [0.2, 0.25) is 0 Å². The zero-order valence-corrected chi connectivity index (χ0v) is 10.7. The van der Waals surface area contributed by atoms with Crippen LogP contribution < -0.4 is 0 Å². The van der Waals surface area contributed by atoms with Crippen LogP contribution in [0.15, 0.2) is 11.1 Å². The molecule has 2 fully saturated rings. The molecule has 0 aliphatic carbocycles. The zero-order chi connectivity index (χ0) is 14.2. The third-order valence-corrected chi connectivity index (χ3v) is 3.43. The molecule has 0 aromatic heterocycles. The molecule has 2 rings (SSSR count). The van der Waals surface area contributed by atoms with Crippen molar-refractivity contribution in [1.82, 2.24) is 0 Å². The van der Waals surface area contributed by atoms with Crippen molar-refractivity contribution in [2.24, 2.45) is 0 Å². The van der Waals surface area contributed by atoms with E-state index >= 15 is 0 Å². The number of aliphatic carboxylic acids is 1. The summed E-state index contributed by atoms with van der Waals surface area (Å²) in [5.74, 6) is -1.87. The van der Waals surface area contributed by atoms with Crippen molar-refractivity contribution in [2.45, 2.75) is 38.3 Å². The van der Waals surface area contributed by atoms with Gasteiger partial charge in [-0.05, 0) is 13.8 Å². The van der Waals surface area contributed by atoms with Crippen LogP contribution in [0, 0.1) is 0 Å². The second kappa shape index (κ2) is 5.28. The standard InChI is InChI=1S/C12H16O7/c1-5(11(14)15)6(2)12(16)19-8-4-18-9-7(13)3-17-10(8)9/h7-10,13H,3-4H2,1-2H3,(H,14,15)/b6-5+/t7-,8+,9-,10-/m1/s1. The first kappa shape index (κ1) is 14.0. The summed E-state index contributed by atoms with van der Waals surface area (Å²) in [6.07, 6.45) is -2.31. The van der Waals surface area contributed by atoms with Crippen molar-refractivity contribution in [3.63, 3.8) is 0 Å². The molecule has 106 valence electrons. The highest BCUT2D eigenvalue weighted by Gasteiger charge is 2.49. The van der Waals surface area contributed by atoms with Gasteiger partial charge < -0.3 is 24.4 Å². The molecule has 2 heterocycles. The number of carboxylic acids is 1. The molecule has 0 spiro atoms. The van der Waals surface area contributed by atoms with Crippen molar-refractivity contribution in [3.8, 4) is 0 Å². The van der Waals surface area contributed by atoms with Crippen molar-refractivity contribution >= 4 is 11.9 Å². The van der Waals surface area contributed by atoms with Gasteiger partial charge in [-0.2, -0.15) is 0 Å². The lowest BCUT2D eigenvalue weighted by atomic mass is 10.1. The van der Waals surface area contributed by atoms with Crippen molar-refractivity contribution < 1.29 is 34.0 Å². The van der Waals surface area contributed by atoms with E-state index in [2.05, 4.69) is 0 Å². The van der Waals surface area contributed by atoms with Crippen molar-refractivity contribution in [1.29, 1.82) is 0 Å². The minimum absolute atomic E-state index is 0.0366. The van der Waals surface area contributed by atoms with Crippen LogP contribution in [0.3, 0.4) is 0 Å². The van der Waals surface area contributed by atoms with Crippen LogP contribution in [0.4, 0.5) is 0 Å². The smallest absolute Gasteiger partial charge is 0.334 e. The molecule has 0 bridgehead atoms. The molecule has 7 heteroatoms. The number of carbonyl (C=O) groups is 2. The number of carboxylic acid groups (broad SMARTS) is 1. The van der Waals surface area contributed by atoms with E-state index < -0.39 is 36.4 Å². The predicted octanol–water partition coefficient (Wildman–Crippen LogP) is -0.522. The molecule has 19 heavy (non-hydrogen) atoms. The van der Waals surface area contributed by atoms with Gasteiger partial charge in [0.25, 0.3) is 0 Å². The first-order valence-electron chi connectivity index (χ1n) is 5.95. The van der Waals surface area contributed by atoms with E-state index in [1.165, 1.54) is 13.8 Å². The van der Waals surface area contributed by atoms with Crippen molar-refractivity contribution in [2.75, 3.05) is 13.2 Å². The average Bonchev–Trinajstić information content (AvgIpc) is 2.92. The maximum absolute atomic E-state index is 11.8. The van der Waals surface area contributed by atoms with E-state index in [9.17, 15) is 14.7 Å². The minimum Gasteiger partial charge on any atom is -0.478 e. The van der Waals surface area contributed by atoms with Crippen molar-refractivity contribution in [3.05, 3.63) is 11.1 Å². The monoisotopic (exact) mass is 272 g/mol. The van der Waals surface area contributed by atoms with E-state index in [1.807, 2.05) is 0 Å². The summed E-state index contributed by atoms with van der Waals surface area (Å²) in [6.45, 7) is 3.01. The SMILES string of the molecule is C/C(C(=O)O)=C(/C)C(=O)O[C@H]1CO[C@H]2[C@@H]1OC[C@H]2O. The molecule has 0 amide bonds. The molecular formula is C12H16O7. The second-order valence-electron chi connectivity index (χ2n) is 4.66. The van der Waals surface area contributed by atoms with Gasteiger partial charge in [-0.15, -0.1) is 0 Å². The fraction of sp³-hybridized carbons (Fsp3) is 0.667. The van der Waals surface area contributed by atoms with Crippen LogP contribution in [0.25, 0.3) is 0 Å². The summed E-state index contributed by atoms with van der Waals surface area (Å²) in [5, 5.41) is 18.3. The summed E-state index contributed by atoms with van der Waals surface area (Å²) in [6, 6.07) is 0. The van der Waals surface area contributed by atoms with Gasteiger partial charge in [0.05, 0.1) is 13.2 Å². The summed E-state index contributed by atoms with van der Waals surface area (Å²) in [4.78, 5) is 22.6. The van der Waals surface area contributed by atoms with Gasteiger partial charge in [0.1, 0.15) is 18.3 Å². The molecule has 2 N–H and O–H groups in total. The molecule has 0 unspecified atom stereocenters. The summed E-state index contributed by atoms with van der Waals surface area (Å²) < 4.78 is 15.8. The lowest BCUT2D eigenvalue weighted by molar-refractivity contribution is -0.149. The fourth-order valence-electron chi connectivity index (χ4n) is 2.08. The number of fused-ring (bicyclic) bond motifs is 1. The Hall–Kier alpha value is -1.44. The molecule has 0 radical (unpaired) electrons. The second-order valence-corrected chi connectivity index (χ2v) is 4.66. The Labute approximate surface area is 109 Å². The maximum Gasteiger partial charge on any atom is 0.334 e. The Morgan fingerprint density at radius 2 is 1.74 bits per heavy atom. The number of hydrogen-bond acceptors (Lipinski definition) is 6. The minimum atomic E-state index is -1.16. The molecule has 2 aliphatic rings. The van der Waals surface area contributed by atoms with E-state index in [1.54, 1.807) is 0 Å². The normalized spacial score (nSPS) is 34.7. The first-order chi connectivity index (χ1) is 8.91. The van der Waals surface area contributed by atoms with Crippen LogP contribution in [-0.4, -0.2) is 59.8 Å². The molecule has 0 aromatic carbocycles. The molecule has 0 aromatic rings. The molecule has 7 nitrogen and oxygen atoms in total. The van der Waals surface area contributed by atoms with Crippen LogP contribution in [0.5, 0.6) is 0 Å². The van der Waals surface area contributed by atoms with Crippen LogP contribution >= 0.6 is 0 Å². The van der Waals surface area contributed by atoms with Gasteiger partial charge in [0, 0.05) is 11.1 Å². The first-order valence-corrected chi connectivity index (χ1v) is 5.95. The van der Waals surface area contributed by atoms with Gasteiger partial charge in [-0.3, -0.25) is 0 Å². The highest BCUT2D eigenvalue weighted by molar-refractivity contribution is 5.98.